The zero-order valence-electron chi connectivity index (χ0n) is 10.4. The smallest absolute Gasteiger partial charge is 0.117 e. The largest absolute Gasteiger partial charge is 0.468 e. The number of nitrogen functional groups attached to an aromatic ring is 1. The second-order valence-electron chi connectivity index (χ2n) is 4.28. The Morgan fingerprint density at radius 2 is 2.11 bits per heavy atom. The summed E-state index contributed by atoms with van der Waals surface area (Å²) in [6, 6.07) is 9.93. The first-order chi connectivity index (χ1) is 8.67. The molecule has 2 N–H and O–H groups in total. The number of hydrogen-bond acceptors (Lipinski definition) is 3. The molecule has 2 aromatic rings. The quantitative estimate of drug-likeness (QED) is 0.857. The van der Waals surface area contributed by atoms with Crippen molar-refractivity contribution in [3.05, 3.63) is 52.4 Å². The molecule has 1 heterocycles. The third-order valence-electron chi connectivity index (χ3n) is 2.79. The lowest BCUT2D eigenvalue weighted by Crippen LogP contribution is -2.22. The summed E-state index contributed by atoms with van der Waals surface area (Å²) in [7, 11) is 0. The first-order valence-corrected chi connectivity index (χ1v) is 6.76. The summed E-state index contributed by atoms with van der Waals surface area (Å²) in [6.07, 6.45) is 1.71. The maximum absolute atomic E-state index is 5.85. The monoisotopic (exact) mass is 308 g/mol. The summed E-state index contributed by atoms with van der Waals surface area (Å²) >= 11 is 3.47. The zero-order chi connectivity index (χ0) is 13.0. The van der Waals surface area contributed by atoms with Crippen molar-refractivity contribution in [1.82, 2.24) is 4.90 Å². The number of furan rings is 1. The van der Waals surface area contributed by atoms with Crippen LogP contribution in [-0.4, -0.2) is 11.4 Å². The molecule has 18 heavy (non-hydrogen) atoms. The molecule has 0 saturated heterocycles. The normalized spacial score (nSPS) is 11.1. The fourth-order valence-corrected chi connectivity index (χ4v) is 2.49. The molecule has 0 saturated carbocycles. The van der Waals surface area contributed by atoms with E-state index in [4.69, 9.17) is 10.2 Å². The topological polar surface area (TPSA) is 42.4 Å². The molecule has 0 bridgehead atoms. The molecule has 1 aromatic heterocycles. The molecule has 0 aliphatic heterocycles. The van der Waals surface area contributed by atoms with E-state index in [0.29, 0.717) is 0 Å². The molecule has 0 amide bonds. The van der Waals surface area contributed by atoms with Gasteiger partial charge in [0.15, 0.2) is 0 Å². The Kier molecular flexibility index (Phi) is 4.44. The van der Waals surface area contributed by atoms with Crippen LogP contribution in [0.25, 0.3) is 0 Å². The van der Waals surface area contributed by atoms with Crippen molar-refractivity contribution in [2.45, 2.75) is 20.0 Å². The Morgan fingerprint density at radius 1 is 1.28 bits per heavy atom. The van der Waals surface area contributed by atoms with Crippen LogP contribution in [-0.2, 0) is 13.1 Å². The average Bonchev–Trinajstić information content (AvgIpc) is 2.79. The van der Waals surface area contributed by atoms with Crippen LogP contribution >= 0.6 is 15.9 Å². The standard InChI is InChI=1S/C14H17BrN2O/c1-2-17(10-14-4-3-5-18-14)9-11-6-12(15)8-13(16)7-11/h3-8H,2,9-10,16H2,1H3. The number of rotatable bonds is 5. The van der Waals surface area contributed by atoms with Gasteiger partial charge in [-0.2, -0.15) is 0 Å². The van der Waals surface area contributed by atoms with Gasteiger partial charge in [0.05, 0.1) is 12.8 Å². The van der Waals surface area contributed by atoms with E-state index in [0.717, 1.165) is 35.6 Å². The van der Waals surface area contributed by atoms with E-state index in [1.807, 2.05) is 24.3 Å². The Balaban J connectivity index is 2.05. The molecule has 1 aromatic carbocycles. The molecule has 0 aliphatic carbocycles. The molecule has 0 spiro atoms. The van der Waals surface area contributed by atoms with Gasteiger partial charge in [0.25, 0.3) is 0 Å². The first-order valence-electron chi connectivity index (χ1n) is 5.97. The molecule has 4 heteroatoms. The summed E-state index contributed by atoms with van der Waals surface area (Å²) in [5.74, 6) is 0.986. The summed E-state index contributed by atoms with van der Waals surface area (Å²) in [5.41, 5.74) is 7.84. The third-order valence-corrected chi connectivity index (χ3v) is 3.25. The van der Waals surface area contributed by atoms with Crippen molar-refractivity contribution in [3.63, 3.8) is 0 Å². The minimum Gasteiger partial charge on any atom is -0.468 e. The molecule has 96 valence electrons. The maximum Gasteiger partial charge on any atom is 0.117 e. The SMILES string of the molecule is CCN(Cc1cc(N)cc(Br)c1)Cc1ccco1. The van der Waals surface area contributed by atoms with Gasteiger partial charge in [0, 0.05) is 16.7 Å². The highest BCUT2D eigenvalue weighted by molar-refractivity contribution is 9.10. The van der Waals surface area contributed by atoms with Crippen molar-refractivity contribution < 1.29 is 4.42 Å². The van der Waals surface area contributed by atoms with Crippen molar-refractivity contribution >= 4 is 21.6 Å². The van der Waals surface area contributed by atoms with Gasteiger partial charge in [0.2, 0.25) is 0 Å². The molecule has 0 aliphatic rings. The van der Waals surface area contributed by atoms with Crippen LogP contribution in [0.15, 0.2) is 45.5 Å². The van der Waals surface area contributed by atoms with Crippen LogP contribution in [0.4, 0.5) is 5.69 Å². The van der Waals surface area contributed by atoms with Gasteiger partial charge in [-0.25, -0.2) is 0 Å². The van der Waals surface area contributed by atoms with Gasteiger partial charge in [-0.05, 0) is 42.4 Å². The minimum absolute atomic E-state index is 0.786. The third kappa shape index (κ3) is 3.62. The number of nitrogens with two attached hydrogens (primary N) is 1. The van der Waals surface area contributed by atoms with E-state index in [1.54, 1.807) is 6.26 Å². The Bertz CT molecular complexity index is 476. The lowest BCUT2D eigenvalue weighted by molar-refractivity contribution is 0.248. The van der Waals surface area contributed by atoms with Gasteiger partial charge in [-0.3, -0.25) is 4.90 Å². The van der Waals surface area contributed by atoms with Crippen LogP contribution in [0.1, 0.15) is 18.2 Å². The van der Waals surface area contributed by atoms with Gasteiger partial charge in [0.1, 0.15) is 5.76 Å². The van der Waals surface area contributed by atoms with Crippen molar-refractivity contribution in [3.8, 4) is 0 Å². The Hall–Kier alpha value is -1.26. The fourth-order valence-electron chi connectivity index (χ4n) is 1.93. The number of anilines is 1. The summed E-state index contributed by atoms with van der Waals surface area (Å²) in [5, 5.41) is 0. The first kappa shape index (κ1) is 13.2. The highest BCUT2D eigenvalue weighted by Gasteiger charge is 2.07. The van der Waals surface area contributed by atoms with Crippen molar-refractivity contribution in [2.75, 3.05) is 12.3 Å². The van der Waals surface area contributed by atoms with Crippen LogP contribution in [0.5, 0.6) is 0 Å². The molecule has 0 unspecified atom stereocenters. The van der Waals surface area contributed by atoms with Gasteiger partial charge < -0.3 is 10.2 Å². The van der Waals surface area contributed by atoms with Gasteiger partial charge in [-0.1, -0.05) is 22.9 Å². The second-order valence-corrected chi connectivity index (χ2v) is 5.19. The van der Waals surface area contributed by atoms with Crippen LogP contribution in [0.2, 0.25) is 0 Å². The molecule has 0 atom stereocenters. The minimum atomic E-state index is 0.786. The molecular formula is C14H17BrN2O. The molecular weight excluding hydrogens is 292 g/mol. The highest BCUT2D eigenvalue weighted by Crippen LogP contribution is 2.19. The van der Waals surface area contributed by atoms with E-state index in [9.17, 15) is 0 Å². The fraction of sp³-hybridized carbons (Fsp3) is 0.286. The van der Waals surface area contributed by atoms with Crippen molar-refractivity contribution in [2.24, 2.45) is 0 Å². The van der Waals surface area contributed by atoms with Crippen LogP contribution in [0, 0.1) is 0 Å². The Morgan fingerprint density at radius 3 is 2.72 bits per heavy atom. The predicted molar refractivity (Wildman–Crippen MR) is 77.1 cm³/mol. The van der Waals surface area contributed by atoms with Crippen LogP contribution < -0.4 is 5.73 Å². The average molecular weight is 309 g/mol. The van der Waals surface area contributed by atoms with E-state index in [2.05, 4.69) is 33.8 Å². The van der Waals surface area contributed by atoms with Crippen molar-refractivity contribution in [1.29, 1.82) is 0 Å². The highest BCUT2D eigenvalue weighted by atomic mass is 79.9. The van der Waals surface area contributed by atoms with E-state index in [1.165, 1.54) is 5.56 Å². The lowest BCUT2D eigenvalue weighted by Gasteiger charge is -2.19. The predicted octanol–water partition coefficient (Wildman–Crippen LogP) is 3.65. The lowest BCUT2D eigenvalue weighted by atomic mass is 10.2. The van der Waals surface area contributed by atoms with E-state index in [-0.39, 0.29) is 0 Å². The molecule has 2 rings (SSSR count). The maximum atomic E-state index is 5.85. The van der Waals surface area contributed by atoms with E-state index < -0.39 is 0 Å². The number of nitrogens with zero attached hydrogens (tertiary/aromatic N) is 1. The number of halogens is 1. The Labute approximate surface area is 116 Å². The van der Waals surface area contributed by atoms with Gasteiger partial charge >= 0.3 is 0 Å². The summed E-state index contributed by atoms with van der Waals surface area (Å²) in [6.45, 7) is 4.79. The summed E-state index contributed by atoms with van der Waals surface area (Å²) < 4.78 is 6.40. The zero-order valence-corrected chi connectivity index (χ0v) is 12.0. The van der Waals surface area contributed by atoms with Gasteiger partial charge in [-0.15, -0.1) is 0 Å². The molecule has 0 radical (unpaired) electrons. The summed E-state index contributed by atoms with van der Waals surface area (Å²) in [4.78, 5) is 2.31. The number of benzene rings is 1. The van der Waals surface area contributed by atoms with Crippen LogP contribution in [0.3, 0.4) is 0 Å². The second kappa shape index (κ2) is 6.07. The molecule has 3 nitrogen and oxygen atoms in total. The number of hydrogen-bond donors (Lipinski definition) is 1. The molecule has 0 fully saturated rings. The van der Waals surface area contributed by atoms with E-state index >= 15 is 0 Å².